The van der Waals surface area contributed by atoms with E-state index < -0.39 is 0 Å². The molecule has 0 unspecified atom stereocenters. The summed E-state index contributed by atoms with van der Waals surface area (Å²) in [4.78, 5) is 14.2. The van der Waals surface area contributed by atoms with Crippen LogP contribution in [-0.4, -0.2) is 27.2 Å². The maximum Gasteiger partial charge on any atom is 0.167 e. The highest BCUT2D eigenvalue weighted by Crippen LogP contribution is 2.36. The number of aromatic hydroxyl groups is 1. The minimum Gasteiger partial charge on any atom is -0.507 e. The lowest BCUT2D eigenvalue weighted by atomic mass is 10.0. The van der Waals surface area contributed by atoms with E-state index in [1.54, 1.807) is 13.2 Å². The highest BCUT2D eigenvalue weighted by atomic mass is 16.5. The highest BCUT2D eigenvalue weighted by Gasteiger charge is 2.17. The Balaban J connectivity index is 1.82. The summed E-state index contributed by atoms with van der Waals surface area (Å²) in [7, 11) is 1.63. The number of rotatable bonds is 9. The first-order chi connectivity index (χ1) is 16.2. The molecule has 4 aromatic rings. The van der Waals surface area contributed by atoms with Crippen LogP contribution in [0.4, 0.5) is 0 Å². The molecule has 33 heavy (non-hydrogen) atoms. The van der Waals surface area contributed by atoms with Gasteiger partial charge in [-0.05, 0) is 24.5 Å². The van der Waals surface area contributed by atoms with Crippen LogP contribution in [0.1, 0.15) is 38.2 Å². The van der Waals surface area contributed by atoms with Gasteiger partial charge in [0, 0.05) is 17.2 Å². The highest BCUT2D eigenvalue weighted by molar-refractivity contribution is 5.71. The average Bonchev–Trinajstić information content (AvgIpc) is 2.88. The molecule has 1 heterocycles. The number of hydrogen-bond donors (Lipinski definition) is 1. The Hall–Kier alpha value is -3.73. The van der Waals surface area contributed by atoms with Crippen molar-refractivity contribution in [3.63, 3.8) is 0 Å². The SMILES string of the molecule is CCCCCCc1cc(-c2nc(-c3ccccc3)nc(-c3ccccc3)n2)c(O)cc1OC. The molecule has 0 atom stereocenters. The number of methoxy groups -OCH3 is 1. The topological polar surface area (TPSA) is 68.1 Å². The van der Waals surface area contributed by atoms with Crippen molar-refractivity contribution in [3.05, 3.63) is 78.4 Å². The van der Waals surface area contributed by atoms with E-state index in [2.05, 4.69) is 6.92 Å². The summed E-state index contributed by atoms with van der Waals surface area (Å²) in [6.07, 6.45) is 5.50. The van der Waals surface area contributed by atoms with Crippen molar-refractivity contribution in [1.82, 2.24) is 15.0 Å². The normalized spacial score (nSPS) is 10.8. The van der Waals surface area contributed by atoms with E-state index in [0.29, 0.717) is 28.8 Å². The molecule has 0 spiro atoms. The van der Waals surface area contributed by atoms with Crippen LogP contribution in [0.3, 0.4) is 0 Å². The summed E-state index contributed by atoms with van der Waals surface area (Å²) >= 11 is 0. The van der Waals surface area contributed by atoms with E-state index in [1.165, 1.54) is 12.8 Å². The van der Waals surface area contributed by atoms with Crippen LogP contribution in [0.5, 0.6) is 11.5 Å². The molecule has 0 aliphatic rings. The van der Waals surface area contributed by atoms with Gasteiger partial charge in [0.1, 0.15) is 11.5 Å². The quantitative estimate of drug-likeness (QED) is 0.294. The van der Waals surface area contributed by atoms with Crippen LogP contribution in [0.15, 0.2) is 72.8 Å². The van der Waals surface area contributed by atoms with Gasteiger partial charge in [-0.25, -0.2) is 15.0 Å². The smallest absolute Gasteiger partial charge is 0.167 e. The number of phenols is 1. The number of ether oxygens (including phenoxy) is 1. The van der Waals surface area contributed by atoms with Gasteiger partial charge in [0.15, 0.2) is 17.5 Å². The standard InChI is InChI=1S/C28H29N3O2/c1-3-4-5-8-17-22-18-23(24(32)19-25(22)33-2)28-30-26(20-13-9-6-10-14-20)29-27(31-28)21-15-11-7-12-16-21/h6-7,9-16,18-19,32H,3-5,8,17H2,1-2H3. The maximum absolute atomic E-state index is 10.9. The molecule has 0 radical (unpaired) electrons. The predicted molar refractivity (Wildman–Crippen MR) is 132 cm³/mol. The van der Waals surface area contributed by atoms with Gasteiger partial charge in [0.25, 0.3) is 0 Å². The fourth-order valence-electron chi connectivity index (χ4n) is 3.85. The van der Waals surface area contributed by atoms with Crippen molar-refractivity contribution in [2.45, 2.75) is 39.0 Å². The number of nitrogens with zero attached hydrogens (tertiary/aromatic N) is 3. The van der Waals surface area contributed by atoms with Crippen LogP contribution in [0.25, 0.3) is 34.2 Å². The average molecular weight is 440 g/mol. The zero-order chi connectivity index (χ0) is 23.0. The molecule has 4 rings (SSSR count). The van der Waals surface area contributed by atoms with Crippen LogP contribution in [-0.2, 0) is 6.42 Å². The van der Waals surface area contributed by atoms with E-state index in [0.717, 1.165) is 36.0 Å². The Labute approximate surface area is 195 Å². The molecule has 1 aromatic heterocycles. The van der Waals surface area contributed by atoms with Gasteiger partial charge in [-0.15, -0.1) is 0 Å². The Morgan fingerprint density at radius 1 is 0.727 bits per heavy atom. The van der Waals surface area contributed by atoms with Crippen LogP contribution in [0.2, 0.25) is 0 Å². The van der Waals surface area contributed by atoms with Crippen molar-refractivity contribution < 1.29 is 9.84 Å². The molecule has 1 N–H and O–H groups in total. The first-order valence-electron chi connectivity index (χ1n) is 11.5. The van der Waals surface area contributed by atoms with Crippen molar-refractivity contribution in [3.8, 4) is 45.7 Å². The van der Waals surface area contributed by atoms with Gasteiger partial charge in [-0.1, -0.05) is 86.8 Å². The van der Waals surface area contributed by atoms with E-state index in [1.807, 2.05) is 66.7 Å². The lowest BCUT2D eigenvalue weighted by Gasteiger charge is -2.14. The van der Waals surface area contributed by atoms with Crippen LogP contribution in [0, 0.1) is 0 Å². The Morgan fingerprint density at radius 3 is 1.85 bits per heavy atom. The van der Waals surface area contributed by atoms with Crippen molar-refractivity contribution in [2.75, 3.05) is 7.11 Å². The number of benzene rings is 3. The van der Waals surface area contributed by atoms with Gasteiger partial charge in [0.05, 0.1) is 12.7 Å². The second kappa shape index (κ2) is 10.7. The molecule has 0 saturated carbocycles. The monoisotopic (exact) mass is 439 g/mol. The van der Waals surface area contributed by atoms with Crippen LogP contribution < -0.4 is 4.74 Å². The maximum atomic E-state index is 10.9. The summed E-state index contributed by atoms with van der Waals surface area (Å²) in [5.74, 6) is 2.36. The van der Waals surface area contributed by atoms with Gasteiger partial charge in [-0.2, -0.15) is 0 Å². The second-order valence-electron chi connectivity index (χ2n) is 8.03. The summed E-state index contributed by atoms with van der Waals surface area (Å²) in [6, 6.07) is 23.3. The van der Waals surface area contributed by atoms with Crippen molar-refractivity contribution in [1.29, 1.82) is 0 Å². The lowest BCUT2D eigenvalue weighted by Crippen LogP contribution is -2.01. The fourth-order valence-corrected chi connectivity index (χ4v) is 3.85. The Morgan fingerprint density at radius 2 is 1.30 bits per heavy atom. The molecule has 5 heteroatoms. The summed E-state index contributed by atoms with van der Waals surface area (Å²) in [5, 5.41) is 10.9. The Kier molecular flexibility index (Phi) is 7.30. The van der Waals surface area contributed by atoms with Gasteiger partial charge >= 0.3 is 0 Å². The van der Waals surface area contributed by atoms with E-state index >= 15 is 0 Å². The molecular weight excluding hydrogens is 410 g/mol. The lowest BCUT2D eigenvalue weighted by molar-refractivity contribution is 0.402. The number of phenolic OH excluding ortho intramolecular Hbond substituents is 1. The first-order valence-corrected chi connectivity index (χ1v) is 11.5. The third-order valence-corrected chi connectivity index (χ3v) is 5.64. The summed E-state index contributed by atoms with van der Waals surface area (Å²) in [5.41, 5.74) is 3.42. The molecule has 3 aromatic carbocycles. The number of aromatic nitrogens is 3. The fraction of sp³-hybridized carbons (Fsp3) is 0.250. The minimum atomic E-state index is 0.0911. The molecular formula is C28H29N3O2. The largest absolute Gasteiger partial charge is 0.507 e. The van der Waals surface area contributed by atoms with E-state index in [9.17, 15) is 5.11 Å². The third kappa shape index (κ3) is 5.37. The molecule has 0 bridgehead atoms. The van der Waals surface area contributed by atoms with Gasteiger partial charge < -0.3 is 9.84 Å². The number of hydrogen-bond acceptors (Lipinski definition) is 5. The van der Waals surface area contributed by atoms with Crippen LogP contribution >= 0.6 is 0 Å². The van der Waals surface area contributed by atoms with E-state index in [-0.39, 0.29) is 5.75 Å². The first kappa shape index (κ1) is 22.5. The zero-order valence-electron chi connectivity index (χ0n) is 19.2. The molecule has 5 nitrogen and oxygen atoms in total. The number of unbranched alkanes of at least 4 members (excludes halogenated alkanes) is 3. The molecule has 0 fully saturated rings. The molecule has 0 aliphatic carbocycles. The predicted octanol–water partition coefficient (Wildman–Crippen LogP) is 6.71. The van der Waals surface area contributed by atoms with Gasteiger partial charge in [-0.3, -0.25) is 0 Å². The summed E-state index contributed by atoms with van der Waals surface area (Å²) < 4.78 is 5.55. The number of aryl methyl sites for hydroxylation is 1. The van der Waals surface area contributed by atoms with E-state index in [4.69, 9.17) is 19.7 Å². The third-order valence-electron chi connectivity index (χ3n) is 5.64. The Bertz CT molecular complexity index is 1140. The molecule has 0 saturated heterocycles. The molecule has 0 amide bonds. The summed E-state index contributed by atoms with van der Waals surface area (Å²) in [6.45, 7) is 2.20. The van der Waals surface area contributed by atoms with Gasteiger partial charge in [0.2, 0.25) is 0 Å². The zero-order valence-corrected chi connectivity index (χ0v) is 19.2. The molecule has 0 aliphatic heterocycles. The second-order valence-corrected chi connectivity index (χ2v) is 8.03. The molecule has 168 valence electrons. The minimum absolute atomic E-state index is 0.0911. The van der Waals surface area contributed by atoms with Crippen molar-refractivity contribution in [2.24, 2.45) is 0 Å². The van der Waals surface area contributed by atoms with Crippen molar-refractivity contribution >= 4 is 0 Å².